The van der Waals surface area contributed by atoms with Crippen LogP contribution in [0.15, 0.2) is 0 Å². The molecule has 0 saturated carbocycles. The van der Waals surface area contributed by atoms with E-state index in [1.165, 1.54) is 4.90 Å². The van der Waals surface area contributed by atoms with Gasteiger partial charge in [0.2, 0.25) is 0 Å². The smallest absolute Gasteiger partial charge is 0.282 e. The van der Waals surface area contributed by atoms with Crippen LogP contribution in [0.4, 0.5) is 4.79 Å². The maximum atomic E-state index is 10.5. The summed E-state index contributed by atoms with van der Waals surface area (Å²) in [6.07, 6.45) is 0.408. The van der Waals surface area contributed by atoms with E-state index in [1.807, 2.05) is 6.07 Å². The third-order valence-electron chi connectivity index (χ3n) is 0.859. The van der Waals surface area contributed by atoms with Gasteiger partial charge < -0.3 is 4.90 Å². The summed E-state index contributed by atoms with van der Waals surface area (Å²) < 4.78 is -0.0251. The Morgan fingerprint density at radius 3 is 2.78 bits per heavy atom. The number of amides is 1. The van der Waals surface area contributed by atoms with Gasteiger partial charge in [-0.3, -0.25) is 4.79 Å². The third-order valence-corrected chi connectivity index (χ3v) is 1.68. The molecule has 0 bridgehead atoms. The van der Waals surface area contributed by atoms with E-state index in [1.54, 1.807) is 29.6 Å². The van der Waals surface area contributed by atoms with Crippen LogP contribution < -0.4 is 0 Å². The molecule has 0 aliphatic heterocycles. The normalized spacial score (nSPS) is 8.11. The van der Waals surface area contributed by atoms with Gasteiger partial charge in [-0.25, -0.2) is 0 Å². The molecule has 4 heteroatoms. The predicted octanol–water partition coefficient (Wildman–Crippen LogP) is 1.39. The van der Waals surface area contributed by atoms with Gasteiger partial charge in [-0.2, -0.15) is 5.26 Å². The molecule has 0 aliphatic carbocycles. The van der Waals surface area contributed by atoms with Gasteiger partial charge in [-0.15, -0.1) is 0 Å². The SMILES string of the molecule is CN(CCC#N)C(=O)I. The number of nitrogens with zero attached hydrogens (tertiary/aromatic N) is 2. The Kier molecular flexibility index (Phi) is 4.40. The quantitative estimate of drug-likeness (QED) is 0.414. The molecule has 0 rings (SSSR count). The molecule has 3 nitrogen and oxygen atoms in total. The lowest BCUT2D eigenvalue weighted by molar-refractivity contribution is 0.237. The highest BCUT2D eigenvalue weighted by Gasteiger charge is 2.00. The van der Waals surface area contributed by atoms with Crippen molar-refractivity contribution in [2.24, 2.45) is 0 Å². The monoisotopic (exact) mass is 238 g/mol. The molecule has 0 aliphatic rings. The number of rotatable bonds is 2. The van der Waals surface area contributed by atoms with E-state index < -0.39 is 0 Å². The van der Waals surface area contributed by atoms with Crippen molar-refractivity contribution < 1.29 is 4.79 Å². The van der Waals surface area contributed by atoms with Crippen molar-refractivity contribution in [3.8, 4) is 6.07 Å². The van der Waals surface area contributed by atoms with Crippen molar-refractivity contribution in [3.63, 3.8) is 0 Å². The van der Waals surface area contributed by atoms with Crippen molar-refractivity contribution in [1.29, 1.82) is 5.26 Å². The summed E-state index contributed by atoms with van der Waals surface area (Å²) >= 11 is 1.69. The number of carbonyl (C=O) groups excluding carboxylic acids is 1. The van der Waals surface area contributed by atoms with Gasteiger partial charge in [-0.1, -0.05) is 0 Å². The zero-order valence-electron chi connectivity index (χ0n) is 5.09. The first-order chi connectivity index (χ1) is 4.18. The van der Waals surface area contributed by atoms with E-state index in [0.717, 1.165) is 0 Å². The first kappa shape index (κ1) is 8.69. The van der Waals surface area contributed by atoms with Crippen LogP contribution in [-0.2, 0) is 0 Å². The van der Waals surface area contributed by atoms with Crippen LogP contribution in [0.5, 0.6) is 0 Å². The molecule has 0 spiro atoms. The maximum absolute atomic E-state index is 10.5. The number of hydrogen-bond donors (Lipinski definition) is 0. The van der Waals surface area contributed by atoms with Gasteiger partial charge in [0.1, 0.15) is 0 Å². The van der Waals surface area contributed by atoms with Gasteiger partial charge in [0, 0.05) is 36.2 Å². The van der Waals surface area contributed by atoms with E-state index >= 15 is 0 Å². The molecule has 0 aromatic carbocycles. The number of hydrogen-bond acceptors (Lipinski definition) is 2. The van der Waals surface area contributed by atoms with Crippen LogP contribution in [-0.4, -0.2) is 22.4 Å². The molecular weight excluding hydrogens is 231 g/mol. The number of carbonyl (C=O) groups is 1. The lowest BCUT2D eigenvalue weighted by atomic mass is 10.4. The van der Waals surface area contributed by atoms with Gasteiger partial charge >= 0.3 is 0 Å². The van der Waals surface area contributed by atoms with Crippen LogP contribution in [0, 0.1) is 11.3 Å². The van der Waals surface area contributed by atoms with E-state index in [0.29, 0.717) is 13.0 Å². The number of halogens is 1. The summed E-state index contributed by atoms with van der Waals surface area (Å²) in [7, 11) is 1.67. The van der Waals surface area contributed by atoms with E-state index in [2.05, 4.69) is 0 Å². The van der Waals surface area contributed by atoms with Gasteiger partial charge in [0.15, 0.2) is 0 Å². The molecule has 0 aromatic rings. The van der Waals surface area contributed by atoms with Crippen molar-refractivity contribution in [1.82, 2.24) is 4.90 Å². The Hall–Kier alpha value is -0.310. The van der Waals surface area contributed by atoms with Crippen LogP contribution in [0.1, 0.15) is 6.42 Å². The Morgan fingerprint density at radius 2 is 2.44 bits per heavy atom. The summed E-state index contributed by atoms with van der Waals surface area (Å²) in [5.74, 6) is 0. The highest BCUT2D eigenvalue weighted by molar-refractivity contribution is 14.1. The standard InChI is InChI=1S/C5H7IN2O/c1-8(5(6)9)4-2-3-7/h2,4H2,1H3. The molecule has 0 N–H and O–H groups in total. The zero-order valence-corrected chi connectivity index (χ0v) is 7.25. The van der Waals surface area contributed by atoms with Crippen LogP contribution in [0.3, 0.4) is 0 Å². The molecule has 0 unspecified atom stereocenters. The summed E-state index contributed by atoms with van der Waals surface area (Å²) in [5.41, 5.74) is 0. The second-order valence-electron chi connectivity index (χ2n) is 1.58. The Balaban J connectivity index is 3.41. The molecular formula is C5H7IN2O. The minimum atomic E-state index is -0.0251. The Labute approximate surface area is 67.8 Å². The second-order valence-corrected chi connectivity index (χ2v) is 2.51. The van der Waals surface area contributed by atoms with Crippen LogP contribution in [0.2, 0.25) is 0 Å². The first-order valence-electron chi connectivity index (χ1n) is 2.46. The molecule has 0 radical (unpaired) electrons. The van der Waals surface area contributed by atoms with Gasteiger partial charge in [0.05, 0.1) is 12.5 Å². The molecule has 1 amide bonds. The van der Waals surface area contributed by atoms with Gasteiger partial charge in [-0.05, 0) is 0 Å². The Morgan fingerprint density at radius 1 is 1.89 bits per heavy atom. The van der Waals surface area contributed by atoms with E-state index in [-0.39, 0.29) is 3.91 Å². The highest BCUT2D eigenvalue weighted by Crippen LogP contribution is 1.95. The minimum Gasteiger partial charge on any atom is -0.336 e. The average molecular weight is 238 g/mol. The van der Waals surface area contributed by atoms with Crippen molar-refractivity contribution in [3.05, 3.63) is 0 Å². The van der Waals surface area contributed by atoms with E-state index in [4.69, 9.17) is 5.26 Å². The molecule has 0 aromatic heterocycles. The summed E-state index contributed by atoms with van der Waals surface area (Å²) in [6, 6.07) is 1.96. The fraction of sp³-hybridized carbons (Fsp3) is 0.600. The minimum absolute atomic E-state index is 0.0251. The first-order valence-corrected chi connectivity index (χ1v) is 3.54. The lowest BCUT2D eigenvalue weighted by Crippen LogP contribution is -2.20. The van der Waals surface area contributed by atoms with Crippen molar-refractivity contribution in [2.75, 3.05) is 13.6 Å². The third kappa shape index (κ3) is 4.21. The summed E-state index contributed by atoms with van der Waals surface area (Å²) in [4.78, 5) is 12.0. The van der Waals surface area contributed by atoms with Crippen molar-refractivity contribution >= 4 is 26.5 Å². The molecule has 0 atom stereocenters. The van der Waals surface area contributed by atoms with Crippen LogP contribution in [0.25, 0.3) is 0 Å². The number of nitriles is 1. The predicted molar refractivity (Wildman–Crippen MR) is 42.3 cm³/mol. The summed E-state index contributed by atoms with van der Waals surface area (Å²) in [6.45, 7) is 0.526. The van der Waals surface area contributed by atoms with Crippen molar-refractivity contribution in [2.45, 2.75) is 6.42 Å². The fourth-order valence-corrected chi connectivity index (χ4v) is 0.547. The molecule has 50 valence electrons. The second kappa shape index (κ2) is 4.56. The van der Waals surface area contributed by atoms with Gasteiger partial charge in [0.25, 0.3) is 3.91 Å². The lowest BCUT2D eigenvalue weighted by Gasteiger charge is -2.09. The zero-order chi connectivity index (χ0) is 7.28. The Bertz CT molecular complexity index is 140. The largest absolute Gasteiger partial charge is 0.336 e. The highest BCUT2D eigenvalue weighted by atomic mass is 127. The summed E-state index contributed by atoms with van der Waals surface area (Å²) in [5, 5.41) is 8.11. The molecule has 0 heterocycles. The molecule has 9 heavy (non-hydrogen) atoms. The molecule has 0 saturated heterocycles. The maximum Gasteiger partial charge on any atom is 0.282 e. The molecule has 0 fully saturated rings. The van der Waals surface area contributed by atoms with Crippen LogP contribution >= 0.6 is 22.6 Å². The van der Waals surface area contributed by atoms with E-state index in [9.17, 15) is 4.79 Å². The average Bonchev–Trinajstić information content (AvgIpc) is 1.82. The fourth-order valence-electron chi connectivity index (χ4n) is 0.306. The topological polar surface area (TPSA) is 44.1 Å².